The van der Waals surface area contributed by atoms with Crippen molar-refractivity contribution in [2.75, 3.05) is 26.3 Å². The van der Waals surface area contributed by atoms with Gasteiger partial charge in [0.2, 0.25) is 0 Å². The molecular weight excluding hydrogens is 312 g/mol. The Labute approximate surface area is 140 Å². The highest BCUT2D eigenvalue weighted by atomic mass is 32.1. The average molecular weight is 334 g/mol. The zero-order valence-electron chi connectivity index (χ0n) is 13.5. The van der Waals surface area contributed by atoms with Crippen molar-refractivity contribution in [1.82, 2.24) is 10.2 Å². The summed E-state index contributed by atoms with van der Waals surface area (Å²) < 4.78 is 11.2. The van der Waals surface area contributed by atoms with Crippen LogP contribution < -0.4 is 5.32 Å². The van der Waals surface area contributed by atoms with E-state index in [1.165, 1.54) is 0 Å². The highest BCUT2D eigenvalue weighted by molar-refractivity contribution is 7.10. The first-order valence-corrected chi connectivity index (χ1v) is 8.75. The molecule has 0 saturated carbocycles. The standard InChI is InChI=1S/C17H22N2O3S/c1-12-10-14(11-19-5-7-21-8-6-19)22-16(12)17(20)18-13(2)15-4-3-9-23-15/h3-4,9-10,13H,5-8,11H2,1-2H3,(H,18,20). The van der Waals surface area contributed by atoms with E-state index in [2.05, 4.69) is 10.2 Å². The van der Waals surface area contributed by atoms with Gasteiger partial charge in [-0.1, -0.05) is 6.07 Å². The summed E-state index contributed by atoms with van der Waals surface area (Å²) in [5, 5.41) is 5.01. The van der Waals surface area contributed by atoms with E-state index in [9.17, 15) is 4.79 Å². The van der Waals surface area contributed by atoms with Crippen LogP contribution in [0.5, 0.6) is 0 Å². The number of carbonyl (C=O) groups is 1. The molecule has 124 valence electrons. The number of nitrogens with one attached hydrogen (secondary N) is 1. The van der Waals surface area contributed by atoms with Crippen molar-refractivity contribution in [2.45, 2.75) is 26.4 Å². The average Bonchev–Trinajstić information content (AvgIpc) is 3.18. The molecule has 1 aliphatic heterocycles. The Morgan fingerprint density at radius 3 is 2.91 bits per heavy atom. The molecule has 1 amide bonds. The van der Waals surface area contributed by atoms with E-state index < -0.39 is 0 Å². The second-order valence-corrected chi connectivity index (χ2v) is 6.80. The van der Waals surface area contributed by atoms with Crippen LogP contribution in [0.3, 0.4) is 0 Å². The summed E-state index contributed by atoms with van der Waals surface area (Å²) in [6, 6.07) is 5.95. The third-order valence-electron chi connectivity index (χ3n) is 3.98. The van der Waals surface area contributed by atoms with E-state index in [0.29, 0.717) is 5.76 Å². The number of furan rings is 1. The maximum absolute atomic E-state index is 12.4. The van der Waals surface area contributed by atoms with Gasteiger partial charge >= 0.3 is 0 Å². The molecule has 1 fully saturated rings. The Kier molecular flexibility index (Phi) is 5.15. The lowest BCUT2D eigenvalue weighted by atomic mass is 10.2. The van der Waals surface area contributed by atoms with Crippen LogP contribution in [0.15, 0.2) is 28.0 Å². The van der Waals surface area contributed by atoms with Crippen molar-refractivity contribution in [1.29, 1.82) is 0 Å². The summed E-state index contributed by atoms with van der Waals surface area (Å²) in [7, 11) is 0. The van der Waals surface area contributed by atoms with E-state index in [-0.39, 0.29) is 11.9 Å². The SMILES string of the molecule is Cc1cc(CN2CCOCC2)oc1C(=O)NC(C)c1cccs1. The molecule has 2 aromatic heterocycles. The van der Waals surface area contributed by atoms with Crippen molar-refractivity contribution in [3.8, 4) is 0 Å². The maximum atomic E-state index is 12.4. The van der Waals surface area contributed by atoms with Gasteiger partial charge in [-0.25, -0.2) is 0 Å². The Morgan fingerprint density at radius 2 is 2.22 bits per heavy atom. The lowest BCUT2D eigenvalue weighted by molar-refractivity contribution is 0.0311. The number of aryl methyl sites for hydroxylation is 1. The second-order valence-electron chi connectivity index (χ2n) is 5.82. The van der Waals surface area contributed by atoms with Crippen LogP contribution in [-0.4, -0.2) is 37.1 Å². The fraction of sp³-hybridized carbons (Fsp3) is 0.471. The molecule has 23 heavy (non-hydrogen) atoms. The van der Waals surface area contributed by atoms with Gasteiger partial charge in [0.25, 0.3) is 5.91 Å². The largest absolute Gasteiger partial charge is 0.454 e. The first-order valence-electron chi connectivity index (χ1n) is 7.87. The second kappa shape index (κ2) is 7.29. The number of nitrogens with zero attached hydrogens (tertiary/aromatic N) is 1. The molecule has 1 unspecified atom stereocenters. The van der Waals surface area contributed by atoms with E-state index in [1.54, 1.807) is 11.3 Å². The Morgan fingerprint density at radius 1 is 1.43 bits per heavy atom. The molecule has 3 rings (SSSR count). The summed E-state index contributed by atoms with van der Waals surface area (Å²) >= 11 is 1.64. The van der Waals surface area contributed by atoms with E-state index >= 15 is 0 Å². The van der Waals surface area contributed by atoms with Crippen LogP contribution in [-0.2, 0) is 11.3 Å². The van der Waals surface area contributed by atoms with Crippen LogP contribution in [0, 0.1) is 6.92 Å². The molecule has 0 radical (unpaired) electrons. The monoisotopic (exact) mass is 334 g/mol. The van der Waals surface area contributed by atoms with Crippen LogP contribution in [0.4, 0.5) is 0 Å². The summed E-state index contributed by atoms with van der Waals surface area (Å²) in [5.74, 6) is 1.09. The first kappa shape index (κ1) is 16.2. The van der Waals surface area contributed by atoms with Gasteiger partial charge in [0.05, 0.1) is 25.8 Å². The van der Waals surface area contributed by atoms with E-state index in [0.717, 1.165) is 49.0 Å². The zero-order chi connectivity index (χ0) is 16.2. The van der Waals surface area contributed by atoms with Gasteiger partial charge in [-0.05, 0) is 31.4 Å². The van der Waals surface area contributed by atoms with Crippen LogP contribution >= 0.6 is 11.3 Å². The van der Waals surface area contributed by atoms with Crippen LogP contribution in [0.2, 0.25) is 0 Å². The molecule has 0 bridgehead atoms. The van der Waals surface area contributed by atoms with Gasteiger partial charge < -0.3 is 14.5 Å². The van der Waals surface area contributed by atoms with Crippen molar-refractivity contribution in [2.24, 2.45) is 0 Å². The van der Waals surface area contributed by atoms with Gasteiger partial charge in [0.1, 0.15) is 5.76 Å². The fourth-order valence-corrected chi connectivity index (χ4v) is 3.44. The molecule has 5 nitrogen and oxygen atoms in total. The minimum absolute atomic E-state index is 0.0188. The van der Waals surface area contributed by atoms with Crippen LogP contribution in [0.1, 0.15) is 39.7 Å². The molecule has 0 aliphatic carbocycles. The number of hydrogen-bond donors (Lipinski definition) is 1. The molecule has 6 heteroatoms. The molecule has 2 aromatic rings. The predicted molar refractivity (Wildman–Crippen MR) is 89.7 cm³/mol. The van der Waals surface area contributed by atoms with Gasteiger partial charge in [0, 0.05) is 23.5 Å². The van der Waals surface area contributed by atoms with Crippen molar-refractivity contribution in [3.63, 3.8) is 0 Å². The highest BCUT2D eigenvalue weighted by Crippen LogP contribution is 2.21. The predicted octanol–water partition coefficient (Wildman–Crippen LogP) is 2.97. The van der Waals surface area contributed by atoms with Crippen LogP contribution in [0.25, 0.3) is 0 Å². The first-order chi connectivity index (χ1) is 11.1. The molecule has 1 saturated heterocycles. The quantitative estimate of drug-likeness (QED) is 0.913. The third kappa shape index (κ3) is 4.02. The summed E-state index contributed by atoms with van der Waals surface area (Å²) in [6.07, 6.45) is 0. The number of amides is 1. The topological polar surface area (TPSA) is 54.7 Å². The Bertz CT molecular complexity index is 645. The van der Waals surface area contributed by atoms with Gasteiger partial charge in [0.15, 0.2) is 5.76 Å². The summed E-state index contributed by atoms with van der Waals surface area (Å²) in [4.78, 5) is 15.9. The minimum atomic E-state index is -0.156. The Hall–Kier alpha value is -1.63. The number of ether oxygens (including phenoxy) is 1. The highest BCUT2D eigenvalue weighted by Gasteiger charge is 2.20. The lowest BCUT2D eigenvalue weighted by Crippen LogP contribution is -2.35. The number of morpholine rings is 1. The van der Waals surface area contributed by atoms with Crippen molar-refractivity contribution >= 4 is 17.2 Å². The van der Waals surface area contributed by atoms with Gasteiger partial charge in [-0.3, -0.25) is 9.69 Å². The van der Waals surface area contributed by atoms with Gasteiger partial charge in [-0.15, -0.1) is 11.3 Å². The molecule has 0 aromatic carbocycles. The summed E-state index contributed by atoms with van der Waals surface area (Å²) in [5.41, 5.74) is 0.879. The lowest BCUT2D eigenvalue weighted by Gasteiger charge is -2.25. The molecule has 1 N–H and O–H groups in total. The number of thiophene rings is 1. The molecule has 1 aliphatic rings. The van der Waals surface area contributed by atoms with Crippen molar-refractivity contribution < 1.29 is 13.9 Å². The van der Waals surface area contributed by atoms with E-state index in [4.69, 9.17) is 9.15 Å². The molecular formula is C17H22N2O3S. The molecule has 1 atom stereocenters. The van der Waals surface area contributed by atoms with E-state index in [1.807, 2.05) is 37.4 Å². The number of rotatable bonds is 5. The minimum Gasteiger partial charge on any atom is -0.454 e. The zero-order valence-corrected chi connectivity index (χ0v) is 14.3. The number of hydrogen-bond acceptors (Lipinski definition) is 5. The van der Waals surface area contributed by atoms with Gasteiger partial charge in [-0.2, -0.15) is 0 Å². The third-order valence-corrected chi connectivity index (χ3v) is 5.03. The van der Waals surface area contributed by atoms with Crippen molar-refractivity contribution in [3.05, 3.63) is 45.5 Å². The Balaban J connectivity index is 1.64. The number of carbonyl (C=O) groups excluding carboxylic acids is 1. The normalized spacial score (nSPS) is 17.1. The molecule has 0 spiro atoms. The maximum Gasteiger partial charge on any atom is 0.287 e. The smallest absolute Gasteiger partial charge is 0.287 e. The fourth-order valence-electron chi connectivity index (χ4n) is 2.70. The summed E-state index contributed by atoms with van der Waals surface area (Å²) in [6.45, 7) is 7.93. The molecule has 3 heterocycles.